The van der Waals surface area contributed by atoms with Gasteiger partial charge in [-0.3, -0.25) is 19.7 Å². The summed E-state index contributed by atoms with van der Waals surface area (Å²) in [4.78, 5) is 39.2. The number of carbonyl (C=O) groups is 3. The molecule has 2 rings (SSSR count). The molecule has 0 bridgehead atoms. The fourth-order valence-corrected chi connectivity index (χ4v) is 3.64. The van der Waals surface area contributed by atoms with Crippen molar-refractivity contribution >= 4 is 56.1 Å². The van der Waals surface area contributed by atoms with E-state index >= 15 is 0 Å². The number of amides is 1. The monoisotopic (exact) mass is 413 g/mol. The molecule has 146 valence electrons. The number of halogens is 1. The van der Waals surface area contributed by atoms with Crippen molar-refractivity contribution in [3.63, 3.8) is 0 Å². The standard InChI is InChI=1S/C17H20ClN3O5S/c1-8(2)5-11(15(23)24)19-12(16(25)26)7-14(22)21-17-20-10-4-3-9(18)6-13(10)27-17/h3-4,6,8,11-12,19H,5,7H2,1-2H3,(H,23,24)(H,25,26)(H,20,21,22). The summed E-state index contributed by atoms with van der Waals surface area (Å²) in [6.07, 6.45) is -0.173. The van der Waals surface area contributed by atoms with Gasteiger partial charge in [0.25, 0.3) is 0 Å². The lowest BCUT2D eigenvalue weighted by atomic mass is 10.0. The van der Waals surface area contributed by atoms with Gasteiger partial charge in [0.1, 0.15) is 12.1 Å². The lowest BCUT2D eigenvalue weighted by molar-refractivity contribution is -0.144. The second kappa shape index (κ2) is 9.12. The number of hydrogen-bond donors (Lipinski definition) is 4. The quantitative estimate of drug-likeness (QED) is 0.497. The SMILES string of the molecule is CC(C)CC(NC(CC(=O)Nc1nc2ccc(Cl)cc2s1)C(=O)O)C(=O)O. The summed E-state index contributed by atoms with van der Waals surface area (Å²) in [5.74, 6) is -2.97. The van der Waals surface area contributed by atoms with Crippen LogP contribution < -0.4 is 10.6 Å². The molecular formula is C17H20ClN3O5S. The molecule has 10 heteroatoms. The topological polar surface area (TPSA) is 129 Å². The molecule has 1 aromatic carbocycles. The number of fused-ring (bicyclic) bond motifs is 1. The Morgan fingerprint density at radius 1 is 1.19 bits per heavy atom. The lowest BCUT2D eigenvalue weighted by Gasteiger charge is -2.21. The van der Waals surface area contributed by atoms with Crippen LogP contribution in [0.25, 0.3) is 10.2 Å². The Hall–Kier alpha value is -2.23. The summed E-state index contributed by atoms with van der Waals surface area (Å²) in [5.41, 5.74) is 0.662. The van der Waals surface area contributed by atoms with Gasteiger partial charge in [-0.25, -0.2) is 4.98 Å². The van der Waals surface area contributed by atoms with Gasteiger partial charge in [0.15, 0.2) is 5.13 Å². The Labute approximate surface area is 164 Å². The van der Waals surface area contributed by atoms with Gasteiger partial charge >= 0.3 is 11.9 Å². The first kappa shape index (κ1) is 21.1. The molecule has 2 aromatic rings. The Balaban J connectivity index is 2.04. The number of benzene rings is 1. The normalized spacial score (nSPS) is 13.5. The summed E-state index contributed by atoms with van der Waals surface area (Å²) >= 11 is 7.13. The van der Waals surface area contributed by atoms with Gasteiger partial charge < -0.3 is 15.5 Å². The van der Waals surface area contributed by atoms with Crippen LogP contribution in [-0.2, 0) is 14.4 Å². The van der Waals surface area contributed by atoms with Crippen LogP contribution in [0.3, 0.4) is 0 Å². The van der Waals surface area contributed by atoms with Gasteiger partial charge in [0, 0.05) is 5.02 Å². The van der Waals surface area contributed by atoms with E-state index in [9.17, 15) is 24.6 Å². The highest BCUT2D eigenvalue weighted by molar-refractivity contribution is 7.22. The summed E-state index contributed by atoms with van der Waals surface area (Å²) < 4.78 is 0.786. The number of anilines is 1. The predicted octanol–water partition coefficient (Wildman–Crippen LogP) is 2.82. The molecule has 0 spiro atoms. The number of nitrogens with zero attached hydrogens (tertiary/aromatic N) is 1. The molecule has 2 unspecified atom stereocenters. The Morgan fingerprint density at radius 3 is 2.44 bits per heavy atom. The van der Waals surface area contributed by atoms with Gasteiger partial charge in [-0.05, 0) is 30.5 Å². The average molecular weight is 414 g/mol. The number of carbonyl (C=O) groups excluding carboxylic acids is 1. The minimum atomic E-state index is -1.33. The zero-order chi connectivity index (χ0) is 20.1. The number of aromatic nitrogens is 1. The zero-order valence-corrected chi connectivity index (χ0v) is 16.3. The minimum Gasteiger partial charge on any atom is -0.480 e. The molecule has 2 atom stereocenters. The molecule has 0 radical (unpaired) electrons. The van der Waals surface area contributed by atoms with E-state index in [4.69, 9.17) is 11.6 Å². The molecule has 0 saturated heterocycles. The molecular weight excluding hydrogens is 394 g/mol. The van der Waals surface area contributed by atoms with Gasteiger partial charge in [0.05, 0.1) is 16.6 Å². The van der Waals surface area contributed by atoms with Crippen molar-refractivity contribution in [3.05, 3.63) is 23.2 Å². The largest absolute Gasteiger partial charge is 0.480 e. The van der Waals surface area contributed by atoms with Crippen LogP contribution in [0.15, 0.2) is 18.2 Å². The molecule has 0 aliphatic rings. The number of thiazole rings is 1. The van der Waals surface area contributed by atoms with Gasteiger partial charge in [-0.1, -0.05) is 36.8 Å². The van der Waals surface area contributed by atoms with Crippen molar-refractivity contribution in [2.45, 2.75) is 38.8 Å². The third-order valence-corrected chi connectivity index (χ3v) is 4.86. The fourth-order valence-electron chi connectivity index (χ4n) is 2.48. The third kappa shape index (κ3) is 6.16. The number of carboxylic acid groups (broad SMARTS) is 2. The van der Waals surface area contributed by atoms with E-state index in [0.29, 0.717) is 15.7 Å². The van der Waals surface area contributed by atoms with E-state index in [1.807, 2.05) is 13.8 Å². The molecule has 0 aliphatic heterocycles. The number of hydrogen-bond acceptors (Lipinski definition) is 6. The fraction of sp³-hybridized carbons (Fsp3) is 0.412. The molecule has 0 fully saturated rings. The third-order valence-electron chi connectivity index (χ3n) is 3.69. The van der Waals surface area contributed by atoms with Gasteiger partial charge in [-0.15, -0.1) is 0 Å². The van der Waals surface area contributed by atoms with Crippen molar-refractivity contribution in [1.29, 1.82) is 0 Å². The minimum absolute atomic E-state index is 0.0523. The Bertz CT molecular complexity index is 854. The maximum Gasteiger partial charge on any atom is 0.321 e. The van der Waals surface area contributed by atoms with Crippen LogP contribution in [0.2, 0.25) is 5.02 Å². The van der Waals surface area contributed by atoms with E-state index in [2.05, 4.69) is 15.6 Å². The maximum absolute atomic E-state index is 12.2. The van der Waals surface area contributed by atoms with Crippen molar-refractivity contribution in [1.82, 2.24) is 10.3 Å². The summed E-state index contributed by atoms with van der Waals surface area (Å²) in [6, 6.07) is 2.74. The summed E-state index contributed by atoms with van der Waals surface area (Å²) in [5, 5.41) is 24.5. The van der Waals surface area contributed by atoms with Gasteiger partial charge in [0.2, 0.25) is 5.91 Å². The summed E-state index contributed by atoms with van der Waals surface area (Å²) in [7, 11) is 0. The van der Waals surface area contributed by atoms with Crippen LogP contribution in [0.1, 0.15) is 26.7 Å². The van der Waals surface area contributed by atoms with Crippen molar-refractivity contribution in [2.75, 3.05) is 5.32 Å². The second-order valence-electron chi connectivity index (χ2n) is 6.46. The molecule has 0 saturated carbocycles. The van der Waals surface area contributed by atoms with Crippen LogP contribution in [-0.4, -0.2) is 45.1 Å². The molecule has 27 heavy (non-hydrogen) atoms. The molecule has 1 aromatic heterocycles. The summed E-state index contributed by atoms with van der Waals surface area (Å²) in [6.45, 7) is 3.67. The number of aliphatic carboxylic acids is 2. The van der Waals surface area contributed by atoms with Gasteiger partial charge in [-0.2, -0.15) is 0 Å². The highest BCUT2D eigenvalue weighted by Gasteiger charge is 2.28. The second-order valence-corrected chi connectivity index (χ2v) is 7.93. The van der Waals surface area contributed by atoms with Crippen molar-refractivity contribution in [3.8, 4) is 0 Å². The molecule has 4 N–H and O–H groups in total. The number of rotatable bonds is 9. The maximum atomic E-state index is 12.2. The van der Waals surface area contributed by atoms with E-state index < -0.39 is 36.4 Å². The highest BCUT2D eigenvalue weighted by Crippen LogP contribution is 2.28. The highest BCUT2D eigenvalue weighted by atomic mass is 35.5. The zero-order valence-electron chi connectivity index (χ0n) is 14.7. The van der Waals surface area contributed by atoms with E-state index in [-0.39, 0.29) is 12.3 Å². The first-order chi connectivity index (χ1) is 12.7. The van der Waals surface area contributed by atoms with Crippen LogP contribution in [0.5, 0.6) is 0 Å². The molecule has 1 amide bonds. The van der Waals surface area contributed by atoms with E-state index in [1.165, 1.54) is 11.3 Å². The Kier molecular flexibility index (Phi) is 7.11. The molecule has 8 nitrogen and oxygen atoms in total. The first-order valence-corrected chi connectivity index (χ1v) is 9.42. The first-order valence-electron chi connectivity index (χ1n) is 8.23. The smallest absolute Gasteiger partial charge is 0.321 e. The Morgan fingerprint density at radius 2 is 1.85 bits per heavy atom. The van der Waals surface area contributed by atoms with Crippen LogP contribution >= 0.6 is 22.9 Å². The lowest BCUT2D eigenvalue weighted by Crippen LogP contribution is -2.49. The number of nitrogens with one attached hydrogen (secondary N) is 2. The molecule has 1 heterocycles. The number of carboxylic acids is 2. The predicted molar refractivity (Wildman–Crippen MR) is 103 cm³/mol. The van der Waals surface area contributed by atoms with Crippen molar-refractivity contribution < 1.29 is 24.6 Å². The van der Waals surface area contributed by atoms with Crippen LogP contribution in [0.4, 0.5) is 5.13 Å². The molecule has 0 aliphatic carbocycles. The van der Waals surface area contributed by atoms with E-state index in [0.717, 1.165) is 4.70 Å². The van der Waals surface area contributed by atoms with E-state index in [1.54, 1.807) is 18.2 Å². The van der Waals surface area contributed by atoms with Crippen LogP contribution in [0, 0.1) is 5.92 Å². The average Bonchev–Trinajstić information content (AvgIpc) is 2.93. The van der Waals surface area contributed by atoms with Crippen molar-refractivity contribution in [2.24, 2.45) is 5.92 Å².